The Morgan fingerprint density at radius 2 is 1.74 bits per heavy atom. The molecule has 19 heavy (non-hydrogen) atoms. The lowest BCUT2D eigenvalue weighted by Gasteiger charge is -2.22. The Morgan fingerprint density at radius 3 is 2.37 bits per heavy atom. The number of nitrogens with one attached hydrogen (secondary N) is 1. The Hall–Kier alpha value is -1.52. The van der Waals surface area contributed by atoms with Crippen LogP contribution >= 0.6 is 0 Å². The Labute approximate surface area is 110 Å². The average Bonchev–Trinajstić information content (AvgIpc) is 2.33. The van der Waals surface area contributed by atoms with Gasteiger partial charge in [-0.25, -0.2) is 0 Å². The maximum atomic E-state index is 12.5. The van der Waals surface area contributed by atoms with Crippen LogP contribution in [0.25, 0.3) is 0 Å². The van der Waals surface area contributed by atoms with Gasteiger partial charge in [0.25, 0.3) is 0 Å². The molecule has 0 radical (unpaired) electrons. The molecule has 2 nitrogen and oxygen atoms in total. The van der Waals surface area contributed by atoms with Crippen LogP contribution in [-0.4, -0.2) is 5.91 Å². The van der Waals surface area contributed by atoms with Gasteiger partial charge in [0.05, 0.1) is 11.6 Å². The largest absolute Gasteiger partial charge is 0.416 e. The van der Waals surface area contributed by atoms with Crippen LogP contribution in [0.3, 0.4) is 0 Å². The fraction of sp³-hybridized carbons (Fsp3) is 0.500. The van der Waals surface area contributed by atoms with Gasteiger partial charge in [-0.3, -0.25) is 4.79 Å². The van der Waals surface area contributed by atoms with Crippen LogP contribution in [0.15, 0.2) is 24.3 Å². The van der Waals surface area contributed by atoms with Crippen molar-refractivity contribution in [1.82, 2.24) is 5.32 Å². The molecule has 1 fully saturated rings. The van der Waals surface area contributed by atoms with Crippen molar-refractivity contribution in [3.8, 4) is 0 Å². The number of hydrogen-bond acceptors (Lipinski definition) is 1. The molecule has 5 heteroatoms. The van der Waals surface area contributed by atoms with E-state index in [1.54, 1.807) is 0 Å². The maximum absolute atomic E-state index is 12.5. The minimum absolute atomic E-state index is 0.0235. The summed E-state index contributed by atoms with van der Waals surface area (Å²) < 4.78 is 37.4. The van der Waals surface area contributed by atoms with Crippen molar-refractivity contribution in [2.45, 2.75) is 44.3 Å². The van der Waals surface area contributed by atoms with Gasteiger partial charge in [0.1, 0.15) is 0 Å². The number of halogens is 3. The van der Waals surface area contributed by atoms with Gasteiger partial charge in [-0.1, -0.05) is 25.0 Å². The van der Waals surface area contributed by atoms with Crippen LogP contribution in [0.2, 0.25) is 0 Å². The third kappa shape index (κ3) is 3.72. The average molecular weight is 271 g/mol. The lowest BCUT2D eigenvalue weighted by molar-refractivity contribution is -0.137. The zero-order valence-electron chi connectivity index (χ0n) is 10.5. The lowest BCUT2D eigenvalue weighted by Crippen LogP contribution is -2.29. The van der Waals surface area contributed by atoms with Gasteiger partial charge in [-0.05, 0) is 30.5 Å². The molecule has 1 aliphatic rings. The van der Waals surface area contributed by atoms with Crippen molar-refractivity contribution in [1.29, 1.82) is 0 Å². The van der Waals surface area contributed by atoms with Gasteiger partial charge in [-0.2, -0.15) is 13.2 Å². The molecular formula is C14H16F3NO. The summed E-state index contributed by atoms with van der Waals surface area (Å²) in [5.41, 5.74) is 0.0803. The predicted molar refractivity (Wildman–Crippen MR) is 65.4 cm³/mol. The first-order chi connectivity index (χ1) is 8.97. The minimum Gasteiger partial charge on any atom is -0.349 e. The highest BCUT2D eigenvalue weighted by Gasteiger charge is 2.30. The molecule has 0 aromatic heterocycles. The van der Waals surface area contributed by atoms with E-state index < -0.39 is 11.7 Å². The number of rotatable bonds is 1. The third-order valence-corrected chi connectivity index (χ3v) is 3.37. The predicted octanol–water partition coefficient (Wildman–Crippen LogP) is 3.83. The topological polar surface area (TPSA) is 29.1 Å². The highest BCUT2D eigenvalue weighted by molar-refractivity contribution is 5.76. The molecule has 104 valence electrons. The van der Waals surface area contributed by atoms with Gasteiger partial charge in [0.15, 0.2) is 0 Å². The second kappa shape index (κ2) is 5.63. The molecule has 1 aromatic rings. The van der Waals surface area contributed by atoms with Crippen molar-refractivity contribution in [3.05, 3.63) is 35.4 Å². The molecule has 0 bridgehead atoms. The van der Waals surface area contributed by atoms with Crippen LogP contribution in [-0.2, 0) is 11.0 Å². The van der Waals surface area contributed by atoms with E-state index in [-0.39, 0.29) is 11.9 Å². The quantitative estimate of drug-likeness (QED) is 0.826. The Bertz CT molecular complexity index is 439. The van der Waals surface area contributed by atoms with Gasteiger partial charge in [0.2, 0.25) is 5.91 Å². The molecule has 2 rings (SSSR count). The monoisotopic (exact) mass is 271 g/mol. The third-order valence-electron chi connectivity index (χ3n) is 3.37. The summed E-state index contributed by atoms with van der Waals surface area (Å²) in [4.78, 5) is 11.6. The van der Waals surface area contributed by atoms with Gasteiger partial charge in [0, 0.05) is 6.42 Å². The fourth-order valence-electron chi connectivity index (χ4n) is 2.30. The van der Waals surface area contributed by atoms with E-state index in [9.17, 15) is 18.0 Å². The van der Waals surface area contributed by atoms with Crippen LogP contribution in [0.1, 0.15) is 49.3 Å². The molecule has 0 saturated carbocycles. The van der Waals surface area contributed by atoms with E-state index in [1.165, 1.54) is 12.1 Å². The minimum atomic E-state index is -4.32. The zero-order chi connectivity index (χ0) is 13.9. The second-order valence-electron chi connectivity index (χ2n) is 4.84. The number of hydrogen-bond donors (Lipinski definition) is 1. The summed E-state index contributed by atoms with van der Waals surface area (Å²) in [5.74, 6) is -0.0235. The Morgan fingerprint density at radius 1 is 1.05 bits per heavy atom. The fourth-order valence-corrected chi connectivity index (χ4v) is 2.30. The molecule has 1 N–H and O–H groups in total. The molecular weight excluding hydrogens is 255 g/mol. The smallest absolute Gasteiger partial charge is 0.349 e. The summed E-state index contributed by atoms with van der Waals surface area (Å²) in [5, 5.41) is 2.87. The van der Waals surface area contributed by atoms with Crippen LogP contribution in [0.4, 0.5) is 13.2 Å². The molecule has 1 heterocycles. The molecule has 1 aromatic carbocycles. The SMILES string of the molecule is O=C1CCCCCC(c2ccc(C(F)(F)F)cc2)N1. The van der Waals surface area contributed by atoms with Crippen molar-refractivity contribution < 1.29 is 18.0 Å². The molecule has 1 atom stereocenters. The van der Waals surface area contributed by atoms with Crippen molar-refractivity contribution in [2.75, 3.05) is 0 Å². The second-order valence-corrected chi connectivity index (χ2v) is 4.84. The van der Waals surface area contributed by atoms with Crippen LogP contribution in [0.5, 0.6) is 0 Å². The van der Waals surface area contributed by atoms with Crippen molar-refractivity contribution in [3.63, 3.8) is 0 Å². The number of amides is 1. The van der Waals surface area contributed by atoms with Crippen LogP contribution < -0.4 is 5.32 Å². The summed E-state index contributed by atoms with van der Waals surface area (Å²) in [6.45, 7) is 0. The molecule has 0 spiro atoms. The maximum Gasteiger partial charge on any atom is 0.416 e. The normalized spacial score (nSPS) is 21.4. The highest BCUT2D eigenvalue weighted by Crippen LogP contribution is 2.31. The molecule has 1 unspecified atom stereocenters. The highest BCUT2D eigenvalue weighted by atomic mass is 19.4. The van der Waals surface area contributed by atoms with E-state index >= 15 is 0 Å². The number of benzene rings is 1. The molecule has 1 amide bonds. The number of alkyl halides is 3. The summed E-state index contributed by atoms with van der Waals surface area (Å²) in [6.07, 6.45) is -0.195. The Balaban J connectivity index is 2.13. The zero-order valence-corrected chi connectivity index (χ0v) is 10.5. The summed E-state index contributed by atoms with van der Waals surface area (Å²) in [7, 11) is 0. The van der Waals surface area contributed by atoms with E-state index in [0.29, 0.717) is 6.42 Å². The first-order valence-electron chi connectivity index (χ1n) is 6.43. The lowest BCUT2D eigenvalue weighted by atomic mass is 9.96. The van der Waals surface area contributed by atoms with Gasteiger partial charge >= 0.3 is 6.18 Å². The van der Waals surface area contributed by atoms with E-state index in [4.69, 9.17) is 0 Å². The summed E-state index contributed by atoms with van der Waals surface area (Å²) >= 11 is 0. The first-order valence-corrected chi connectivity index (χ1v) is 6.43. The van der Waals surface area contributed by atoms with Gasteiger partial charge in [-0.15, -0.1) is 0 Å². The van der Waals surface area contributed by atoms with E-state index in [2.05, 4.69) is 5.32 Å². The van der Waals surface area contributed by atoms with Crippen molar-refractivity contribution in [2.24, 2.45) is 0 Å². The van der Waals surface area contributed by atoms with E-state index in [0.717, 1.165) is 43.4 Å². The van der Waals surface area contributed by atoms with Crippen LogP contribution in [0, 0.1) is 0 Å². The standard InChI is InChI=1S/C14H16F3NO/c15-14(16,17)11-8-6-10(7-9-11)12-4-2-1-3-5-13(19)18-12/h6-9,12H,1-5H2,(H,18,19). The first kappa shape index (κ1) is 13.9. The van der Waals surface area contributed by atoms with E-state index in [1.807, 2.05) is 0 Å². The van der Waals surface area contributed by atoms with Crippen molar-refractivity contribution >= 4 is 5.91 Å². The molecule has 1 aliphatic heterocycles. The van der Waals surface area contributed by atoms with Gasteiger partial charge < -0.3 is 5.32 Å². The Kier molecular flexibility index (Phi) is 4.12. The number of carbonyl (C=O) groups excluding carboxylic acids is 1. The molecule has 1 saturated heterocycles. The number of carbonyl (C=O) groups is 1. The molecule has 0 aliphatic carbocycles. The summed E-state index contributed by atoms with van der Waals surface area (Å²) in [6, 6.07) is 4.88.